The van der Waals surface area contributed by atoms with E-state index >= 15 is 0 Å². The summed E-state index contributed by atoms with van der Waals surface area (Å²) in [4.78, 5) is 40.7. The van der Waals surface area contributed by atoms with Gasteiger partial charge in [-0.3, -0.25) is 14.4 Å². The van der Waals surface area contributed by atoms with Crippen LogP contribution in [0.2, 0.25) is 0 Å². The lowest BCUT2D eigenvalue weighted by Crippen LogP contribution is -2.54. The number of aliphatic hydroxyl groups excluding tert-OH is 1. The first-order chi connectivity index (χ1) is 12.9. The van der Waals surface area contributed by atoms with Crippen LogP contribution in [0, 0.1) is 11.8 Å². The molecule has 0 saturated carbocycles. The molecule has 2 bridgehead atoms. The maximum Gasteiger partial charge on any atom is 0.244 e. The van der Waals surface area contributed by atoms with Crippen LogP contribution in [-0.2, 0) is 14.4 Å². The summed E-state index contributed by atoms with van der Waals surface area (Å²) >= 11 is 1.69. The van der Waals surface area contributed by atoms with Crippen LogP contribution >= 0.6 is 11.8 Å². The number of rotatable bonds is 8. The predicted octanol–water partition coefficient (Wildman–Crippen LogP) is 0.511. The molecule has 2 unspecified atom stereocenters. The number of amides is 3. The van der Waals surface area contributed by atoms with Gasteiger partial charge >= 0.3 is 0 Å². The molecule has 5 atom stereocenters. The van der Waals surface area contributed by atoms with Gasteiger partial charge in [-0.1, -0.05) is 0 Å². The summed E-state index contributed by atoms with van der Waals surface area (Å²) in [5, 5.41) is 14.8. The fraction of sp³-hybridized carbons (Fsp3) is 0.842. The first-order valence-electron chi connectivity index (χ1n) is 9.98. The zero-order chi connectivity index (χ0) is 19.8. The second-order valence-electron chi connectivity index (χ2n) is 8.15. The summed E-state index contributed by atoms with van der Waals surface area (Å²) in [6, 6.07) is -0.520. The predicted molar refractivity (Wildman–Crippen MR) is 104 cm³/mol. The van der Waals surface area contributed by atoms with E-state index in [9.17, 15) is 14.4 Å². The minimum Gasteiger partial charge on any atom is -0.396 e. The van der Waals surface area contributed by atoms with E-state index in [-0.39, 0.29) is 41.5 Å². The standard InChI is InChI=1S/C19H31N3O4S/c1-11(2)21-17(25)15-19-8-7-12(27-19)13(16(24)20-3)14(19)18(26)22(15)9-5-4-6-10-23/h11-15,23H,4-10H2,1-3H3,(H,20,24)(H,21,25)/t12-,13+,14+,15?,19?/m1/s1. The van der Waals surface area contributed by atoms with Crippen molar-refractivity contribution in [1.82, 2.24) is 15.5 Å². The highest BCUT2D eigenvalue weighted by molar-refractivity contribution is 8.02. The highest BCUT2D eigenvalue weighted by atomic mass is 32.2. The van der Waals surface area contributed by atoms with Gasteiger partial charge in [-0.25, -0.2) is 0 Å². The van der Waals surface area contributed by atoms with Crippen molar-refractivity contribution in [2.75, 3.05) is 20.2 Å². The second-order valence-corrected chi connectivity index (χ2v) is 9.75. The molecule has 3 aliphatic heterocycles. The molecule has 152 valence electrons. The van der Waals surface area contributed by atoms with E-state index in [1.165, 1.54) is 0 Å². The van der Waals surface area contributed by atoms with Gasteiger partial charge in [-0.15, -0.1) is 11.8 Å². The molecular formula is C19H31N3O4S. The van der Waals surface area contributed by atoms with Gasteiger partial charge in [-0.2, -0.15) is 0 Å². The summed E-state index contributed by atoms with van der Waals surface area (Å²) in [5.41, 5.74) is 0. The summed E-state index contributed by atoms with van der Waals surface area (Å²) in [6.45, 7) is 4.47. The Hall–Kier alpha value is -1.28. The number of nitrogens with zero attached hydrogens (tertiary/aromatic N) is 1. The first-order valence-corrected chi connectivity index (χ1v) is 10.9. The normalized spacial score (nSPS) is 34.3. The summed E-state index contributed by atoms with van der Waals surface area (Å²) in [6.07, 6.45) is 3.92. The number of carbonyl (C=O) groups excluding carboxylic acids is 3. The van der Waals surface area contributed by atoms with Gasteiger partial charge in [0.05, 0.1) is 16.6 Å². The molecule has 27 heavy (non-hydrogen) atoms. The van der Waals surface area contributed by atoms with Gasteiger partial charge < -0.3 is 20.6 Å². The van der Waals surface area contributed by atoms with Gasteiger partial charge in [0.15, 0.2) is 0 Å². The van der Waals surface area contributed by atoms with Gasteiger partial charge in [-0.05, 0) is 46.0 Å². The van der Waals surface area contributed by atoms with E-state index in [0.717, 1.165) is 25.7 Å². The topological polar surface area (TPSA) is 98.7 Å². The number of hydrogen-bond donors (Lipinski definition) is 3. The quantitative estimate of drug-likeness (QED) is 0.519. The Morgan fingerprint density at radius 1 is 1.30 bits per heavy atom. The number of fused-ring (bicyclic) bond motifs is 1. The Balaban J connectivity index is 1.90. The zero-order valence-electron chi connectivity index (χ0n) is 16.4. The van der Waals surface area contributed by atoms with Crippen LogP contribution in [-0.4, -0.2) is 70.0 Å². The Morgan fingerprint density at radius 2 is 2.04 bits per heavy atom. The number of unbranched alkanes of at least 4 members (excludes halogenated alkanes) is 2. The summed E-state index contributed by atoms with van der Waals surface area (Å²) < 4.78 is -0.491. The fourth-order valence-electron chi connectivity index (χ4n) is 5.10. The van der Waals surface area contributed by atoms with E-state index < -0.39 is 16.7 Å². The molecule has 3 N–H and O–H groups in total. The second kappa shape index (κ2) is 7.99. The molecule has 7 nitrogen and oxygen atoms in total. The van der Waals surface area contributed by atoms with Crippen molar-refractivity contribution >= 4 is 29.5 Å². The average molecular weight is 398 g/mol. The highest BCUT2D eigenvalue weighted by Crippen LogP contribution is 2.66. The van der Waals surface area contributed by atoms with Crippen molar-refractivity contribution < 1.29 is 19.5 Å². The number of carbonyl (C=O) groups is 3. The molecule has 3 amide bonds. The third-order valence-corrected chi connectivity index (χ3v) is 8.04. The van der Waals surface area contributed by atoms with Crippen LogP contribution in [0.4, 0.5) is 0 Å². The Labute approximate surface area is 165 Å². The third-order valence-electron chi connectivity index (χ3n) is 6.09. The summed E-state index contributed by atoms with van der Waals surface area (Å²) in [5.74, 6) is -1.00. The van der Waals surface area contributed by atoms with Crippen LogP contribution in [0.5, 0.6) is 0 Å². The van der Waals surface area contributed by atoms with Crippen LogP contribution in [0.1, 0.15) is 46.0 Å². The summed E-state index contributed by atoms with van der Waals surface area (Å²) in [7, 11) is 1.61. The molecule has 0 aromatic heterocycles. The SMILES string of the molecule is CNC(=O)[C@@H]1[C@H]2C(=O)N(CCCCCO)C(C(=O)NC(C)C)C23CC[C@H]1S3. The average Bonchev–Trinajstić information content (AvgIpc) is 3.25. The van der Waals surface area contributed by atoms with Crippen LogP contribution in [0.25, 0.3) is 0 Å². The van der Waals surface area contributed by atoms with Gasteiger partial charge in [0.1, 0.15) is 6.04 Å². The number of nitrogens with one attached hydrogen (secondary N) is 2. The molecule has 0 radical (unpaired) electrons. The van der Waals surface area contributed by atoms with Gasteiger partial charge in [0.25, 0.3) is 0 Å². The molecule has 0 aliphatic carbocycles. The molecule has 0 aromatic rings. The van der Waals surface area contributed by atoms with Crippen molar-refractivity contribution in [1.29, 1.82) is 0 Å². The molecule has 1 spiro atoms. The largest absolute Gasteiger partial charge is 0.396 e. The van der Waals surface area contributed by atoms with E-state index in [1.807, 2.05) is 13.8 Å². The van der Waals surface area contributed by atoms with Crippen molar-refractivity contribution in [2.24, 2.45) is 11.8 Å². The molecule has 0 aromatic carbocycles. The Bertz CT molecular complexity index is 614. The number of thioether (sulfide) groups is 1. The lowest BCUT2D eigenvalue weighted by Gasteiger charge is -2.34. The first kappa shape index (κ1) is 20.5. The Morgan fingerprint density at radius 3 is 2.67 bits per heavy atom. The minimum atomic E-state index is -0.517. The van der Waals surface area contributed by atoms with E-state index in [1.54, 1.807) is 23.7 Å². The highest BCUT2D eigenvalue weighted by Gasteiger charge is 2.73. The number of likely N-dealkylation sites (tertiary alicyclic amines) is 1. The molecule has 3 saturated heterocycles. The van der Waals surface area contributed by atoms with Crippen molar-refractivity contribution in [2.45, 2.75) is 68.0 Å². The maximum atomic E-state index is 13.4. The molecule has 3 rings (SSSR count). The molecular weight excluding hydrogens is 366 g/mol. The van der Waals surface area contributed by atoms with Crippen LogP contribution < -0.4 is 10.6 Å². The van der Waals surface area contributed by atoms with E-state index in [0.29, 0.717) is 13.0 Å². The molecule has 3 fully saturated rings. The minimum absolute atomic E-state index is 0.00219. The number of hydrogen-bond acceptors (Lipinski definition) is 5. The van der Waals surface area contributed by atoms with Crippen LogP contribution in [0.3, 0.4) is 0 Å². The van der Waals surface area contributed by atoms with Crippen molar-refractivity contribution in [3.8, 4) is 0 Å². The van der Waals surface area contributed by atoms with Gasteiger partial charge in [0, 0.05) is 31.5 Å². The third kappa shape index (κ3) is 3.35. The van der Waals surface area contributed by atoms with Crippen molar-refractivity contribution in [3.63, 3.8) is 0 Å². The maximum absolute atomic E-state index is 13.4. The smallest absolute Gasteiger partial charge is 0.244 e. The lowest BCUT2D eigenvalue weighted by molar-refractivity contribution is -0.140. The number of aliphatic hydroxyl groups is 1. The fourth-order valence-corrected chi connectivity index (χ4v) is 7.31. The molecule has 8 heteroatoms. The zero-order valence-corrected chi connectivity index (χ0v) is 17.2. The lowest BCUT2D eigenvalue weighted by atomic mass is 9.70. The van der Waals surface area contributed by atoms with E-state index in [2.05, 4.69) is 10.6 Å². The Kier molecular flexibility index (Phi) is 6.05. The van der Waals surface area contributed by atoms with Crippen LogP contribution in [0.15, 0.2) is 0 Å². The van der Waals surface area contributed by atoms with E-state index in [4.69, 9.17) is 5.11 Å². The molecule has 3 heterocycles. The van der Waals surface area contributed by atoms with Gasteiger partial charge in [0.2, 0.25) is 17.7 Å². The van der Waals surface area contributed by atoms with Crippen molar-refractivity contribution in [3.05, 3.63) is 0 Å². The molecule has 3 aliphatic rings. The monoisotopic (exact) mass is 397 g/mol.